The van der Waals surface area contributed by atoms with Gasteiger partial charge in [-0.15, -0.1) is 0 Å². The van der Waals surface area contributed by atoms with Crippen LogP contribution in [0.4, 0.5) is 0 Å². The van der Waals surface area contributed by atoms with E-state index in [1.165, 1.54) is 0 Å². The summed E-state index contributed by atoms with van der Waals surface area (Å²) in [6.45, 7) is 1.92. The maximum absolute atomic E-state index is 11.3. The first-order valence-corrected chi connectivity index (χ1v) is 4.30. The van der Waals surface area contributed by atoms with Crippen LogP contribution in [-0.4, -0.2) is 29.2 Å². The summed E-state index contributed by atoms with van der Waals surface area (Å²) >= 11 is 0. The number of amides is 1. The van der Waals surface area contributed by atoms with Crippen molar-refractivity contribution in [2.45, 2.75) is 37.8 Å². The van der Waals surface area contributed by atoms with Gasteiger partial charge < -0.3 is 16.2 Å². The van der Waals surface area contributed by atoms with Crippen molar-refractivity contribution in [3.05, 3.63) is 0 Å². The number of hydrogen-bond acceptors (Lipinski definition) is 3. The highest BCUT2D eigenvalue weighted by Gasteiger charge is 2.39. The van der Waals surface area contributed by atoms with Crippen LogP contribution in [0.2, 0.25) is 0 Å². The predicted octanol–water partition coefficient (Wildman–Crippen LogP) is -0.635. The van der Waals surface area contributed by atoms with Crippen LogP contribution in [0.5, 0.6) is 0 Å². The molecule has 0 radical (unpaired) electrons. The van der Waals surface area contributed by atoms with E-state index in [9.17, 15) is 4.79 Å². The van der Waals surface area contributed by atoms with E-state index in [4.69, 9.17) is 10.8 Å². The van der Waals surface area contributed by atoms with E-state index in [-0.39, 0.29) is 12.5 Å². The van der Waals surface area contributed by atoms with Crippen molar-refractivity contribution in [3.8, 4) is 0 Å². The summed E-state index contributed by atoms with van der Waals surface area (Å²) < 4.78 is 0. The van der Waals surface area contributed by atoms with Crippen LogP contribution >= 0.6 is 0 Å². The Morgan fingerprint density at radius 2 is 2.33 bits per heavy atom. The number of rotatable bonds is 3. The third kappa shape index (κ3) is 1.95. The molecule has 1 rings (SSSR count). The highest BCUT2D eigenvalue weighted by Crippen LogP contribution is 2.28. The largest absolute Gasteiger partial charge is 0.392 e. The zero-order chi connectivity index (χ0) is 9.19. The molecule has 0 aromatic rings. The number of nitrogens with two attached hydrogens (primary N) is 1. The first kappa shape index (κ1) is 9.48. The molecule has 1 saturated carbocycles. The Labute approximate surface area is 72.1 Å². The Balaban J connectivity index is 2.28. The summed E-state index contributed by atoms with van der Waals surface area (Å²) in [5.41, 5.74) is 5.09. The molecule has 1 amide bonds. The van der Waals surface area contributed by atoms with E-state index in [0.29, 0.717) is 0 Å². The van der Waals surface area contributed by atoms with Gasteiger partial charge in [-0.2, -0.15) is 0 Å². The summed E-state index contributed by atoms with van der Waals surface area (Å²) in [4.78, 5) is 11.3. The van der Waals surface area contributed by atoms with Crippen molar-refractivity contribution in [3.63, 3.8) is 0 Å². The normalized spacial score (nSPS) is 22.6. The molecule has 0 saturated heterocycles. The lowest BCUT2D eigenvalue weighted by Gasteiger charge is -2.36. The van der Waals surface area contributed by atoms with E-state index in [1.54, 1.807) is 6.92 Å². The maximum Gasteiger partial charge on any atom is 0.240 e. The second-order valence-corrected chi connectivity index (χ2v) is 3.57. The van der Waals surface area contributed by atoms with Crippen LogP contribution in [0.3, 0.4) is 0 Å². The number of nitrogens with one attached hydrogen (secondary N) is 1. The van der Waals surface area contributed by atoms with E-state index >= 15 is 0 Å². The summed E-state index contributed by atoms with van der Waals surface area (Å²) in [6.07, 6.45) is 2.05. The molecule has 1 atom stereocenters. The first-order chi connectivity index (χ1) is 5.54. The molecule has 0 aromatic carbocycles. The van der Waals surface area contributed by atoms with Gasteiger partial charge >= 0.3 is 0 Å². The molecular formula is C8H16N2O2. The average molecular weight is 172 g/mol. The quantitative estimate of drug-likeness (QED) is 0.530. The number of hydrogen-bond donors (Lipinski definition) is 3. The van der Waals surface area contributed by atoms with E-state index < -0.39 is 11.6 Å². The van der Waals surface area contributed by atoms with Crippen LogP contribution in [0.25, 0.3) is 0 Å². The molecule has 0 spiro atoms. The fraction of sp³-hybridized carbons (Fsp3) is 0.875. The minimum Gasteiger partial charge on any atom is -0.392 e. The molecule has 1 unspecified atom stereocenters. The Bertz CT molecular complexity index is 176. The highest BCUT2D eigenvalue weighted by atomic mass is 16.3. The number of carbonyl (C=O) groups is 1. The van der Waals surface area contributed by atoms with Crippen LogP contribution < -0.4 is 11.1 Å². The van der Waals surface area contributed by atoms with E-state index in [1.807, 2.05) is 0 Å². The molecule has 0 heterocycles. The van der Waals surface area contributed by atoms with E-state index in [2.05, 4.69) is 5.32 Å². The van der Waals surface area contributed by atoms with Gasteiger partial charge in [-0.25, -0.2) is 0 Å². The topological polar surface area (TPSA) is 75.3 Å². The SMILES string of the molecule is CC(O)CNC(=O)C1(N)CCC1. The summed E-state index contributed by atoms with van der Waals surface area (Å²) in [5, 5.41) is 11.5. The first-order valence-electron chi connectivity index (χ1n) is 4.30. The standard InChI is InChI=1S/C8H16N2O2/c1-6(11)5-10-7(12)8(9)3-2-4-8/h6,11H,2-5,9H2,1H3,(H,10,12). The smallest absolute Gasteiger partial charge is 0.240 e. The molecule has 4 N–H and O–H groups in total. The molecule has 0 bridgehead atoms. The van der Waals surface area contributed by atoms with Crippen LogP contribution in [-0.2, 0) is 4.79 Å². The van der Waals surface area contributed by atoms with Gasteiger partial charge in [0.15, 0.2) is 0 Å². The lowest BCUT2D eigenvalue weighted by molar-refractivity contribution is -0.129. The van der Waals surface area contributed by atoms with Gasteiger partial charge in [0.2, 0.25) is 5.91 Å². The Morgan fingerprint density at radius 1 is 1.75 bits per heavy atom. The van der Waals surface area contributed by atoms with Gasteiger partial charge in [-0.1, -0.05) is 0 Å². The Hall–Kier alpha value is -0.610. The summed E-state index contributed by atoms with van der Waals surface area (Å²) in [7, 11) is 0. The monoisotopic (exact) mass is 172 g/mol. The second kappa shape index (κ2) is 3.41. The van der Waals surface area contributed by atoms with Crippen LogP contribution in [0.1, 0.15) is 26.2 Å². The van der Waals surface area contributed by atoms with Crippen molar-refractivity contribution >= 4 is 5.91 Å². The zero-order valence-electron chi connectivity index (χ0n) is 7.34. The second-order valence-electron chi connectivity index (χ2n) is 3.57. The average Bonchev–Trinajstić information content (AvgIpc) is 1.95. The number of carbonyl (C=O) groups excluding carboxylic acids is 1. The minimum absolute atomic E-state index is 0.130. The van der Waals surface area contributed by atoms with Crippen LogP contribution in [0.15, 0.2) is 0 Å². The number of aliphatic hydroxyl groups excluding tert-OH is 1. The van der Waals surface area contributed by atoms with Gasteiger partial charge in [0.05, 0.1) is 11.6 Å². The van der Waals surface area contributed by atoms with Gasteiger partial charge in [-0.05, 0) is 26.2 Å². The lowest BCUT2D eigenvalue weighted by Crippen LogP contribution is -2.59. The fourth-order valence-corrected chi connectivity index (χ4v) is 1.20. The molecular weight excluding hydrogens is 156 g/mol. The predicted molar refractivity (Wildman–Crippen MR) is 45.5 cm³/mol. The minimum atomic E-state index is -0.644. The molecule has 70 valence electrons. The molecule has 1 aliphatic rings. The summed E-state index contributed by atoms with van der Waals surface area (Å²) in [5.74, 6) is -0.130. The highest BCUT2D eigenvalue weighted by molar-refractivity contribution is 5.86. The van der Waals surface area contributed by atoms with Crippen molar-refractivity contribution in [2.24, 2.45) is 5.73 Å². The summed E-state index contributed by atoms with van der Waals surface area (Å²) in [6, 6.07) is 0. The molecule has 0 aromatic heterocycles. The molecule has 4 nitrogen and oxygen atoms in total. The van der Waals surface area contributed by atoms with Crippen LogP contribution in [0, 0.1) is 0 Å². The Morgan fingerprint density at radius 3 is 2.67 bits per heavy atom. The maximum atomic E-state index is 11.3. The third-order valence-corrected chi connectivity index (χ3v) is 2.26. The van der Waals surface area contributed by atoms with Gasteiger partial charge in [0.1, 0.15) is 0 Å². The van der Waals surface area contributed by atoms with Crippen molar-refractivity contribution < 1.29 is 9.90 Å². The molecule has 1 aliphatic carbocycles. The van der Waals surface area contributed by atoms with E-state index in [0.717, 1.165) is 19.3 Å². The van der Waals surface area contributed by atoms with Gasteiger partial charge in [-0.3, -0.25) is 4.79 Å². The zero-order valence-corrected chi connectivity index (χ0v) is 7.34. The number of aliphatic hydroxyl groups is 1. The van der Waals surface area contributed by atoms with Crippen molar-refractivity contribution in [1.82, 2.24) is 5.32 Å². The molecule has 1 fully saturated rings. The van der Waals surface area contributed by atoms with Crippen molar-refractivity contribution in [1.29, 1.82) is 0 Å². The molecule has 12 heavy (non-hydrogen) atoms. The third-order valence-electron chi connectivity index (χ3n) is 2.26. The van der Waals surface area contributed by atoms with Gasteiger partial charge in [0.25, 0.3) is 0 Å². The molecule has 4 heteroatoms. The van der Waals surface area contributed by atoms with Gasteiger partial charge in [0, 0.05) is 6.54 Å². The molecule has 0 aliphatic heterocycles. The fourth-order valence-electron chi connectivity index (χ4n) is 1.20. The lowest BCUT2D eigenvalue weighted by atomic mass is 9.77. The van der Waals surface area contributed by atoms with Crippen molar-refractivity contribution in [2.75, 3.05) is 6.54 Å². The Kier molecular flexibility index (Phi) is 2.69.